The normalized spacial score (nSPS) is 10.8. The molecule has 22 heavy (non-hydrogen) atoms. The van der Waals surface area contributed by atoms with Gasteiger partial charge in [0.15, 0.2) is 10.3 Å². The van der Waals surface area contributed by atoms with E-state index in [1.54, 1.807) is 24.7 Å². The molecule has 2 aromatic rings. The molecule has 0 aromatic carbocycles. The Bertz CT molecular complexity index is 698. The topological polar surface area (TPSA) is 73.4 Å². The van der Waals surface area contributed by atoms with Gasteiger partial charge in [-0.25, -0.2) is 4.98 Å². The van der Waals surface area contributed by atoms with Crippen LogP contribution in [0.3, 0.4) is 0 Å². The van der Waals surface area contributed by atoms with Gasteiger partial charge in [-0.15, -0.1) is 11.3 Å². The predicted molar refractivity (Wildman–Crippen MR) is 87.2 cm³/mol. The van der Waals surface area contributed by atoms with Gasteiger partial charge in [-0.1, -0.05) is 11.6 Å². The van der Waals surface area contributed by atoms with E-state index in [9.17, 15) is 10.1 Å². The number of hydrogen-bond acceptors (Lipinski definition) is 6. The summed E-state index contributed by atoms with van der Waals surface area (Å²) < 4.78 is 7.47. The molecule has 2 heterocycles. The number of ether oxygens (including phenoxy) is 1. The second-order valence-electron chi connectivity index (χ2n) is 4.70. The highest BCUT2D eigenvalue weighted by Crippen LogP contribution is 2.42. The summed E-state index contributed by atoms with van der Waals surface area (Å²) in [7, 11) is 3.24. The molecule has 0 fully saturated rings. The third-order valence-corrected chi connectivity index (χ3v) is 4.62. The van der Waals surface area contributed by atoms with Crippen molar-refractivity contribution < 1.29 is 9.66 Å². The fourth-order valence-electron chi connectivity index (χ4n) is 2.40. The Morgan fingerprint density at radius 2 is 2.27 bits per heavy atom. The molecule has 0 spiro atoms. The number of halogens is 1. The first-order chi connectivity index (χ1) is 10.4. The van der Waals surface area contributed by atoms with E-state index in [0.29, 0.717) is 34.8 Å². The van der Waals surface area contributed by atoms with Crippen molar-refractivity contribution in [3.8, 4) is 5.75 Å². The summed E-state index contributed by atoms with van der Waals surface area (Å²) in [4.78, 5) is 18.0. The van der Waals surface area contributed by atoms with E-state index in [4.69, 9.17) is 16.3 Å². The Hall–Kier alpha value is -1.80. The van der Waals surface area contributed by atoms with Crippen molar-refractivity contribution >= 4 is 34.4 Å². The van der Waals surface area contributed by atoms with Gasteiger partial charge < -0.3 is 14.2 Å². The van der Waals surface area contributed by atoms with Crippen molar-refractivity contribution in [2.75, 3.05) is 18.6 Å². The van der Waals surface area contributed by atoms with Crippen LogP contribution in [0.15, 0.2) is 6.20 Å². The van der Waals surface area contributed by atoms with Gasteiger partial charge in [-0.3, -0.25) is 10.1 Å². The zero-order valence-electron chi connectivity index (χ0n) is 12.8. The molecule has 0 aliphatic carbocycles. The summed E-state index contributed by atoms with van der Waals surface area (Å²) in [5, 5.41) is 11.5. The van der Waals surface area contributed by atoms with Gasteiger partial charge in [0, 0.05) is 24.7 Å². The van der Waals surface area contributed by atoms with E-state index < -0.39 is 4.92 Å². The molecule has 0 radical (unpaired) electrons. The first kappa shape index (κ1) is 16.6. The van der Waals surface area contributed by atoms with Crippen LogP contribution in [0, 0.1) is 17.0 Å². The lowest BCUT2D eigenvalue weighted by atomic mass is 10.3. The maximum absolute atomic E-state index is 11.5. The zero-order valence-corrected chi connectivity index (χ0v) is 14.4. The molecule has 0 amide bonds. The molecule has 7 nitrogen and oxygen atoms in total. The molecule has 120 valence electrons. The number of rotatable bonds is 6. The molecule has 2 aromatic heterocycles. The standard InChI is InChI=1S/C13H17ClN4O3S/c1-5-17(7-9-6-15-13(14)22-9)12-10(18(19)20)11(21-4)8(2)16(12)3/h6H,5,7H2,1-4H3. The second-order valence-corrected chi connectivity index (χ2v) is 6.40. The molecule has 2 rings (SSSR count). The van der Waals surface area contributed by atoms with E-state index in [1.807, 2.05) is 11.8 Å². The number of anilines is 1. The Labute approximate surface area is 137 Å². The average Bonchev–Trinajstić information content (AvgIpc) is 2.99. The quantitative estimate of drug-likeness (QED) is 0.593. The van der Waals surface area contributed by atoms with Crippen molar-refractivity contribution in [1.82, 2.24) is 9.55 Å². The Kier molecular flexibility index (Phi) is 4.92. The largest absolute Gasteiger partial charge is 0.489 e. The first-order valence-corrected chi connectivity index (χ1v) is 7.82. The van der Waals surface area contributed by atoms with Crippen LogP contribution in [0.25, 0.3) is 0 Å². The Morgan fingerprint density at radius 1 is 1.59 bits per heavy atom. The van der Waals surface area contributed by atoms with E-state index in [0.717, 1.165) is 4.88 Å². The minimum atomic E-state index is -0.399. The smallest absolute Gasteiger partial charge is 0.352 e. The summed E-state index contributed by atoms with van der Waals surface area (Å²) in [6.45, 7) is 4.85. The summed E-state index contributed by atoms with van der Waals surface area (Å²) in [6, 6.07) is 0. The fourth-order valence-corrected chi connectivity index (χ4v) is 3.39. The van der Waals surface area contributed by atoms with E-state index in [-0.39, 0.29) is 5.69 Å². The Balaban J connectivity index is 2.50. The van der Waals surface area contributed by atoms with Gasteiger partial charge >= 0.3 is 5.69 Å². The number of hydrogen-bond donors (Lipinski definition) is 0. The minimum Gasteiger partial charge on any atom is -0.489 e. The van der Waals surface area contributed by atoms with Gasteiger partial charge in [0.25, 0.3) is 0 Å². The maximum Gasteiger partial charge on any atom is 0.352 e. The molecule has 0 aliphatic rings. The molecule has 0 saturated heterocycles. The third kappa shape index (κ3) is 2.89. The lowest BCUT2D eigenvalue weighted by molar-refractivity contribution is -0.384. The number of nitro groups is 1. The number of methoxy groups -OCH3 is 1. The van der Waals surface area contributed by atoms with Gasteiger partial charge in [0.2, 0.25) is 5.75 Å². The first-order valence-electron chi connectivity index (χ1n) is 6.63. The van der Waals surface area contributed by atoms with Crippen LogP contribution < -0.4 is 9.64 Å². The van der Waals surface area contributed by atoms with Crippen LogP contribution in [0.2, 0.25) is 4.47 Å². The number of aromatic nitrogens is 2. The second kappa shape index (κ2) is 6.53. The van der Waals surface area contributed by atoms with Crippen molar-refractivity contribution in [2.24, 2.45) is 7.05 Å². The summed E-state index contributed by atoms with van der Waals surface area (Å²) >= 11 is 7.22. The van der Waals surface area contributed by atoms with Crippen molar-refractivity contribution in [3.63, 3.8) is 0 Å². The monoisotopic (exact) mass is 344 g/mol. The number of nitrogens with zero attached hydrogens (tertiary/aromatic N) is 4. The molecular formula is C13H17ClN4O3S. The van der Waals surface area contributed by atoms with Gasteiger partial charge in [0.1, 0.15) is 0 Å². The highest BCUT2D eigenvalue weighted by molar-refractivity contribution is 7.15. The molecule has 0 N–H and O–H groups in total. The van der Waals surface area contributed by atoms with Crippen LogP contribution in [0.1, 0.15) is 17.5 Å². The molecule has 0 unspecified atom stereocenters. The van der Waals surface area contributed by atoms with E-state index in [2.05, 4.69) is 4.98 Å². The molecule has 0 bridgehead atoms. The van der Waals surface area contributed by atoms with Crippen molar-refractivity contribution in [3.05, 3.63) is 31.3 Å². The summed E-state index contributed by atoms with van der Waals surface area (Å²) in [6.07, 6.45) is 1.69. The fraction of sp³-hybridized carbons (Fsp3) is 0.462. The summed E-state index contributed by atoms with van der Waals surface area (Å²) in [5.74, 6) is 0.814. The predicted octanol–water partition coefficient (Wildman–Crippen LogP) is 3.39. The summed E-state index contributed by atoms with van der Waals surface area (Å²) in [5.41, 5.74) is 0.699. The SMILES string of the molecule is CCN(Cc1cnc(Cl)s1)c1c([N+](=O)[O-])c(OC)c(C)n1C. The van der Waals surface area contributed by atoms with Crippen LogP contribution >= 0.6 is 22.9 Å². The van der Waals surface area contributed by atoms with Crippen LogP contribution in [0.4, 0.5) is 11.5 Å². The average molecular weight is 345 g/mol. The van der Waals surface area contributed by atoms with Gasteiger partial charge in [-0.2, -0.15) is 0 Å². The minimum absolute atomic E-state index is 0.0139. The van der Waals surface area contributed by atoms with Crippen LogP contribution in [-0.4, -0.2) is 28.1 Å². The van der Waals surface area contributed by atoms with E-state index >= 15 is 0 Å². The molecule has 0 saturated carbocycles. The lowest BCUT2D eigenvalue weighted by Gasteiger charge is -2.22. The van der Waals surface area contributed by atoms with Crippen LogP contribution in [0.5, 0.6) is 5.75 Å². The zero-order chi connectivity index (χ0) is 16.4. The highest BCUT2D eigenvalue weighted by Gasteiger charge is 2.32. The third-order valence-electron chi connectivity index (χ3n) is 3.52. The van der Waals surface area contributed by atoms with Gasteiger partial charge in [0.05, 0.1) is 24.3 Å². The van der Waals surface area contributed by atoms with E-state index in [1.165, 1.54) is 18.4 Å². The number of thiazole rings is 1. The van der Waals surface area contributed by atoms with Crippen LogP contribution in [-0.2, 0) is 13.6 Å². The lowest BCUT2D eigenvalue weighted by Crippen LogP contribution is -2.24. The molecular weight excluding hydrogens is 328 g/mol. The van der Waals surface area contributed by atoms with Crippen molar-refractivity contribution in [1.29, 1.82) is 0 Å². The Morgan fingerprint density at radius 3 is 2.73 bits per heavy atom. The van der Waals surface area contributed by atoms with Crippen molar-refractivity contribution in [2.45, 2.75) is 20.4 Å². The molecule has 9 heteroatoms. The molecule has 0 atom stereocenters. The molecule has 0 aliphatic heterocycles. The van der Waals surface area contributed by atoms with Gasteiger partial charge in [-0.05, 0) is 13.8 Å². The highest BCUT2D eigenvalue weighted by atomic mass is 35.5. The maximum atomic E-state index is 11.5.